The molecule has 0 unspecified atom stereocenters. The summed E-state index contributed by atoms with van der Waals surface area (Å²) in [5.41, 5.74) is 1.20. The lowest BCUT2D eigenvalue weighted by atomic mass is 10.2. The number of aryl methyl sites for hydroxylation is 1. The van der Waals surface area contributed by atoms with Crippen molar-refractivity contribution in [2.24, 2.45) is 0 Å². The molecule has 0 spiro atoms. The highest BCUT2D eigenvalue weighted by molar-refractivity contribution is 7.99. The van der Waals surface area contributed by atoms with Crippen LogP contribution in [0.1, 0.15) is 12.0 Å². The van der Waals surface area contributed by atoms with Crippen molar-refractivity contribution in [3.05, 3.63) is 29.8 Å². The van der Waals surface area contributed by atoms with Gasteiger partial charge in [-0.1, -0.05) is 17.7 Å². The van der Waals surface area contributed by atoms with Gasteiger partial charge in [0.15, 0.2) is 0 Å². The summed E-state index contributed by atoms with van der Waals surface area (Å²) in [6.07, 6.45) is 0.322. The van der Waals surface area contributed by atoms with Crippen LogP contribution in [0.4, 0.5) is 4.79 Å². The molecule has 110 valence electrons. The number of thioether (sulfide) groups is 1. The van der Waals surface area contributed by atoms with Crippen LogP contribution in [0.2, 0.25) is 0 Å². The lowest BCUT2D eigenvalue weighted by Crippen LogP contribution is -2.37. The molecule has 0 heterocycles. The molecule has 0 fully saturated rings. The number of carbonyl (C=O) groups is 2. The molecule has 0 saturated heterocycles. The van der Waals surface area contributed by atoms with E-state index >= 15 is 0 Å². The maximum Gasteiger partial charge on any atom is 0.321 e. The number of rotatable bonds is 7. The fourth-order valence-corrected chi connectivity index (χ4v) is 2.11. The molecule has 0 radical (unpaired) electrons. The van der Waals surface area contributed by atoms with Crippen LogP contribution < -0.4 is 15.4 Å². The average Bonchev–Trinajstić information content (AvgIpc) is 2.44. The number of hydrogen-bond acceptors (Lipinski definition) is 4. The summed E-state index contributed by atoms with van der Waals surface area (Å²) in [5.74, 6) is 2.06. The zero-order chi connectivity index (χ0) is 14.8. The minimum atomic E-state index is -0.470. The predicted molar refractivity (Wildman–Crippen MR) is 81.2 cm³/mol. The normalized spacial score (nSPS) is 9.90. The summed E-state index contributed by atoms with van der Waals surface area (Å²) in [4.78, 5) is 22.2. The van der Waals surface area contributed by atoms with Gasteiger partial charge in [-0.2, -0.15) is 11.8 Å². The SMILES string of the molecule is CNC(=O)NC(=O)CCSCCOc1ccc(C)cc1. The van der Waals surface area contributed by atoms with Crippen molar-refractivity contribution in [2.45, 2.75) is 13.3 Å². The van der Waals surface area contributed by atoms with E-state index in [-0.39, 0.29) is 5.91 Å². The maximum atomic E-state index is 11.3. The van der Waals surface area contributed by atoms with Gasteiger partial charge in [0.25, 0.3) is 0 Å². The number of carbonyl (C=O) groups excluding carboxylic acids is 2. The van der Waals surface area contributed by atoms with E-state index in [2.05, 4.69) is 10.6 Å². The topological polar surface area (TPSA) is 67.4 Å². The molecule has 0 aromatic heterocycles. The van der Waals surface area contributed by atoms with Crippen molar-refractivity contribution in [1.29, 1.82) is 0 Å². The van der Waals surface area contributed by atoms with Gasteiger partial charge in [-0.25, -0.2) is 4.79 Å². The molecular formula is C14H20N2O3S. The number of urea groups is 1. The van der Waals surface area contributed by atoms with Gasteiger partial charge in [0.05, 0.1) is 6.61 Å². The Labute approximate surface area is 123 Å². The standard InChI is InChI=1S/C14H20N2O3S/c1-11-3-5-12(6-4-11)19-8-10-20-9-7-13(17)16-14(18)15-2/h3-6H,7-10H2,1-2H3,(H2,15,16,17,18). The van der Waals surface area contributed by atoms with Gasteiger partial charge in [0, 0.05) is 25.0 Å². The van der Waals surface area contributed by atoms with E-state index in [1.807, 2.05) is 31.2 Å². The summed E-state index contributed by atoms with van der Waals surface area (Å²) in [5, 5.41) is 4.55. The Kier molecular flexibility index (Phi) is 7.57. The molecule has 20 heavy (non-hydrogen) atoms. The van der Waals surface area contributed by atoms with Crippen LogP contribution in [0.5, 0.6) is 5.75 Å². The van der Waals surface area contributed by atoms with Crippen LogP contribution in [0.15, 0.2) is 24.3 Å². The fraction of sp³-hybridized carbons (Fsp3) is 0.429. The van der Waals surface area contributed by atoms with Crippen LogP contribution in [-0.2, 0) is 4.79 Å². The van der Waals surface area contributed by atoms with E-state index < -0.39 is 6.03 Å². The third-order valence-electron chi connectivity index (χ3n) is 2.47. The predicted octanol–water partition coefficient (Wildman–Crippen LogP) is 1.95. The highest BCUT2D eigenvalue weighted by Gasteiger charge is 2.04. The van der Waals surface area contributed by atoms with Crippen molar-refractivity contribution in [3.8, 4) is 5.75 Å². The van der Waals surface area contributed by atoms with Crippen molar-refractivity contribution >= 4 is 23.7 Å². The number of ether oxygens (including phenoxy) is 1. The molecule has 5 nitrogen and oxygen atoms in total. The van der Waals surface area contributed by atoms with E-state index in [1.165, 1.54) is 12.6 Å². The minimum Gasteiger partial charge on any atom is -0.493 e. The van der Waals surface area contributed by atoms with Gasteiger partial charge in [0.2, 0.25) is 5.91 Å². The first-order valence-electron chi connectivity index (χ1n) is 6.40. The zero-order valence-electron chi connectivity index (χ0n) is 11.8. The molecule has 0 aliphatic rings. The number of benzene rings is 1. The third-order valence-corrected chi connectivity index (χ3v) is 3.42. The van der Waals surface area contributed by atoms with Crippen molar-refractivity contribution < 1.29 is 14.3 Å². The number of amides is 3. The van der Waals surface area contributed by atoms with E-state index in [4.69, 9.17) is 4.74 Å². The van der Waals surface area contributed by atoms with Crippen LogP contribution in [0, 0.1) is 6.92 Å². The van der Waals surface area contributed by atoms with E-state index in [1.54, 1.807) is 11.8 Å². The largest absolute Gasteiger partial charge is 0.493 e. The smallest absolute Gasteiger partial charge is 0.321 e. The highest BCUT2D eigenvalue weighted by atomic mass is 32.2. The van der Waals surface area contributed by atoms with Crippen LogP contribution in [0.25, 0.3) is 0 Å². The Morgan fingerprint density at radius 2 is 1.90 bits per heavy atom. The molecule has 0 aliphatic carbocycles. The second kappa shape index (κ2) is 9.25. The molecule has 0 aliphatic heterocycles. The molecular weight excluding hydrogens is 276 g/mol. The zero-order valence-corrected chi connectivity index (χ0v) is 12.6. The first-order valence-corrected chi connectivity index (χ1v) is 7.56. The summed E-state index contributed by atoms with van der Waals surface area (Å²) >= 11 is 1.62. The van der Waals surface area contributed by atoms with Crippen LogP contribution in [0.3, 0.4) is 0 Å². The number of hydrogen-bond donors (Lipinski definition) is 2. The molecule has 6 heteroatoms. The van der Waals surface area contributed by atoms with Gasteiger partial charge >= 0.3 is 6.03 Å². The maximum absolute atomic E-state index is 11.3. The average molecular weight is 296 g/mol. The Hall–Kier alpha value is -1.69. The first-order chi connectivity index (χ1) is 9.61. The van der Waals surface area contributed by atoms with Gasteiger partial charge in [-0.3, -0.25) is 10.1 Å². The van der Waals surface area contributed by atoms with Gasteiger partial charge in [-0.15, -0.1) is 0 Å². The van der Waals surface area contributed by atoms with Crippen molar-refractivity contribution in [1.82, 2.24) is 10.6 Å². The lowest BCUT2D eigenvalue weighted by Gasteiger charge is -2.06. The lowest BCUT2D eigenvalue weighted by molar-refractivity contribution is -0.119. The molecule has 0 atom stereocenters. The minimum absolute atomic E-state index is 0.267. The molecule has 1 aromatic carbocycles. The van der Waals surface area contributed by atoms with E-state index in [9.17, 15) is 9.59 Å². The van der Waals surface area contributed by atoms with E-state index in [0.717, 1.165) is 11.5 Å². The molecule has 1 rings (SSSR count). The molecule has 0 bridgehead atoms. The Balaban J connectivity index is 2.03. The van der Waals surface area contributed by atoms with E-state index in [0.29, 0.717) is 18.8 Å². The second-order valence-electron chi connectivity index (χ2n) is 4.15. The fourth-order valence-electron chi connectivity index (χ4n) is 1.37. The first kappa shape index (κ1) is 16.4. The van der Waals surface area contributed by atoms with Gasteiger partial charge in [-0.05, 0) is 19.1 Å². The van der Waals surface area contributed by atoms with Crippen LogP contribution >= 0.6 is 11.8 Å². The Morgan fingerprint density at radius 1 is 1.20 bits per heavy atom. The summed E-state index contributed by atoms with van der Waals surface area (Å²) in [6.45, 7) is 2.63. The van der Waals surface area contributed by atoms with Gasteiger partial charge < -0.3 is 10.1 Å². The highest BCUT2D eigenvalue weighted by Crippen LogP contribution is 2.12. The number of imide groups is 1. The second-order valence-corrected chi connectivity index (χ2v) is 5.38. The van der Waals surface area contributed by atoms with Crippen molar-refractivity contribution in [2.75, 3.05) is 25.2 Å². The summed E-state index contributed by atoms with van der Waals surface area (Å²) in [7, 11) is 1.47. The molecule has 3 amide bonds. The monoisotopic (exact) mass is 296 g/mol. The molecule has 1 aromatic rings. The molecule has 0 saturated carbocycles. The van der Waals surface area contributed by atoms with Gasteiger partial charge in [0.1, 0.15) is 5.75 Å². The summed E-state index contributed by atoms with van der Waals surface area (Å²) < 4.78 is 5.56. The summed E-state index contributed by atoms with van der Waals surface area (Å²) in [6, 6.07) is 7.42. The molecule has 2 N–H and O–H groups in total. The quantitative estimate of drug-likeness (QED) is 0.755. The van der Waals surface area contributed by atoms with Crippen molar-refractivity contribution in [3.63, 3.8) is 0 Å². The Morgan fingerprint density at radius 3 is 2.55 bits per heavy atom. The third kappa shape index (κ3) is 7.04. The van der Waals surface area contributed by atoms with Crippen LogP contribution in [-0.4, -0.2) is 37.1 Å². The number of nitrogens with one attached hydrogen (secondary N) is 2. The Bertz CT molecular complexity index is 435.